The average molecular weight is 443 g/mol. The van der Waals surface area contributed by atoms with Crippen LogP contribution in [0.3, 0.4) is 0 Å². The molecule has 0 atom stereocenters. The second-order valence-corrected chi connectivity index (χ2v) is 8.50. The van der Waals surface area contributed by atoms with Crippen LogP contribution in [0.25, 0.3) is 21.7 Å². The molecule has 0 bridgehead atoms. The van der Waals surface area contributed by atoms with Gasteiger partial charge in [0.25, 0.3) is 0 Å². The molecular formula is C26H22N2O3S. The molecule has 160 valence electrons. The van der Waals surface area contributed by atoms with Crippen LogP contribution in [0.15, 0.2) is 66.0 Å². The number of aromatic nitrogens is 1. The molecule has 1 heterocycles. The summed E-state index contributed by atoms with van der Waals surface area (Å²) in [5, 5.41) is 5.78. The predicted molar refractivity (Wildman–Crippen MR) is 128 cm³/mol. The number of hydrogen-bond acceptors (Lipinski definition) is 5. The van der Waals surface area contributed by atoms with E-state index < -0.39 is 0 Å². The molecule has 5 rings (SSSR count). The molecule has 1 aromatic heterocycles. The van der Waals surface area contributed by atoms with Crippen LogP contribution in [0.2, 0.25) is 0 Å². The fraction of sp³-hybridized carbons (Fsp3) is 0.154. The number of nitrogens with zero attached hydrogens (tertiary/aromatic N) is 1. The van der Waals surface area contributed by atoms with Crippen molar-refractivity contribution < 1.29 is 14.3 Å². The molecule has 1 N–H and O–H groups in total. The third-order valence-electron chi connectivity index (χ3n) is 5.60. The van der Waals surface area contributed by atoms with Gasteiger partial charge in [0.15, 0.2) is 11.5 Å². The van der Waals surface area contributed by atoms with E-state index in [-0.39, 0.29) is 12.3 Å². The van der Waals surface area contributed by atoms with Gasteiger partial charge >= 0.3 is 0 Å². The fourth-order valence-corrected chi connectivity index (χ4v) is 4.90. The first kappa shape index (κ1) is 20.3. The van der Waals surface area contributed by atoms with Gasteiger partial charge in [-0.15, -0.1) is 11.3 Å². The van der Waals surface area contributed by atoms with Crippen molar-refractivity contribution in [3.63, 3.8) is 0 Å². The summed E-state index contributed by atoms with van der Waals surface area (Å²) < 4.78 is 10.7. The summed E-state index contributed by atoms with van der Waals surface area (Å²) in [6.45, 7) is 0. The maximum atomic E-state index is 12.6. The normalized spacial score (nSPS) is 11.6. The first-order valence-corrected chi connectivity index (χ1v) is 11.2. The van der Waals surface area contributed by atoms with E-state index >= 15 is 0 Å². The molecule has 6 heteroatoms. The quantitative estimate of drug-likeness (QED) is 0.373. The van der Waals surface area contributed by atoms with Gasteiger partial charge < -0.3 is 14.8 Å². The summed E-state index contributed by atoms with van der Waals surface area (Å²) in [5.41, 5.74) is 7.59. The lowest BCUT2D eigenvalue weighted by atomic mass is 10.1. The SMILES string of the molecule is COc1ccc(-c2nc(CC(=O)Nc3ccc4c(c3)Cc3ccccc3-4)cs2)cc1OC. The molecule has 0 saturated heterocycles. The lowest BCUT2D eigenvalue weighted by Gasteiger charge is -2.08. The Hall–Kier alpha value is -3.64. The minimum absolute atomic E-state index is 0.0791. The number of anilines is 1. The van der Waals surface area contributed by atoms with E-state index in [0.29, 0.717) is 11.5 Å². The molecule has 5 nitrogen and oxygen atoms in total. The Kier molecular flexibility index (Phi) is 5.37. The topological polar surface area (TPSA) is 60.5 Å². The number of amides is 1. The van der Waals surface area contributed by atoms with E-state index in [1.807, 2.05) is 29.6 Å². The highest BCUT2D eigenvalue weighted by atomic mass is 32.1. The highest BCUT2D eigenvalue weighted by Crippen LogP contribution is 2.37. The Morgan fingerprint density at radius 3 is 2.62 bits per heavy atom. The summed E-state index contributed by atoms with van der Waals surface area (Å²) >= 11 is 1.51. The maximum absolute atomic E-state index is 12.6. The summed E-state index contributed by atoms with van der Waals surface area (Å²) in [4.78, 5) is 17.3. The minimum atomic E-state index is -0.0791. The molecule has 0 aliphatic heterocycles. The number of rotatable bonds is 6. The highest BCUT2D eigenvalue weighted by molar-refractivity contribution is 7.13. The number of ether oxygens (including phenoxy) is 2. The van der Waals surface area contributed by atoms with Crippen molar-refractivity contribution in [2.24, 2.45) is 0 Å². The van der Waals surface area contributed by atoms with Gasteiger partial charge in [-0.1, -0.05) is 30.3 Å². The third kappa shape index (κ3) is 3.85. The van der Waals surface area contributed by atoms with Crippen LogP contribution in [-0.2, 0) is 17.6 Å². The van der Waals surface area contributed by atoms with Crippen LogP contribution in [0, 0.1) is 0 Å². The van der Waals surface area contributed by atoms with Crippen LogP contribution in [0.1, 0.15) is 16.8 Å². The largest absolute Gasteiger partial charge is 0.493 e. The second kappa shape index (κ2) is 8.48. The van der Waals surface area contributed by atoms with E-state index in [2.05, 4.69) is 46.7 Å². The number of nitrogens with one attached hydrogen (secondary N) is 1. The van der Waals surface area contributed by atoms with Crippen molar-refractivity contribution >= 4 is 22.9 Å². The number of fused-ring (bicyclic) bond motifs is 3. The maximum Gasteiger partial charge on any atom is 0.230 e. The number of benzene rings is 3. The molecule has 32 heavy (non-hydrogen) atoms. The summed E-state index contributed by atoms with van der Waals surface area (Å²) in [7, 11) is 3.22. The second-order valence-electron chi connectivity index (χ2n) is 7.64. The van der Waals surface area contributed by atoms with Gasteiger partial charge in [0.05, 0.1) is 26.3 Å². The third-order valence-corrected chi connectivity index (χ3v) is 6.54. The zero-order valence-electron chi connectivity index (χ0n) is 17.8. The van der Waals surface area contributed by atoms with Gasteiger partial charge in [0, 0.05) is 16.6 Å². The average Bonchev–Trinajstić information content (AvgIpc) is 3.42. The lowest BCUT2D eigenvalue weighted by Crippen LogP contribution is -2.14. The molecular weight excluding hydrogens is 420 g/mol. The number of thiazole rings is 1. The van der Waals surface area contributed by atoms with E-state index in [1.54, 1.807) is 14.2 Å². The summed E-state index contributed by atoms with van der Waals surface area (Å²) in [6, 6.07) is 20.3. The molecule has 4 aromatic rings. The first-order valence-electron chi connectivity index (χ1n) is 10.3. The first-order chi connectivity index (χ1) is 15.6. The molecule has 0 saturated carbocycles. The van der Waals surface area contributed by atoms with E-state index in [9.17, 15) is 4.79 Å². The Bertz CT molecular complexity index is 1310. The Morgan fingerprint density at radius 1 is 0.969 bits per heavy atom. The summed E-state index contributed by atoms with van der Waals surface area (Å²) in [5.74, 6) is 1.24. The molecule has 0 fully saturated rings. The van der Waals surface area contributed by atoms with Gasteiger partial charge in [0.2, 0.25) is 5.91 Å². The lowest BCUT2D eigenvalue weighted by molar-refractivity contribution is -0.115. The fourth-order valence-electron chi connectivity index (χ4n) is 4.08. The van der Waals surface area contributed by atoms with Crippen molar-refractivity contribution in [1.29, 1.82) is 0 Å². The predicted octanol–water partition coefficient (Wildman–Crippen LogP) is 5.58. The van der Waals surface area contributed by atoms with Crippen molar-refractivity contribution in [2.45, 2.75) is 12.8 Å². The molecule has 0 unspecified atom stereocenters. The molecule has 1 amide bonds. The number of hydrogen-bond donors (Lipinski definition) is 1. The summed E-state index contributed by atoms with van der Waals surface area (Å²) in [6.07, 6.45) is 1.12. The number of carbonyl (C=O) groups excluding carboxylic acids is 1. The molecule has 0 radical (unpaired) electrons. The van der Waals surface area contributed by atoms with Crippen LogP contribution in [0.5, 0.6) is 11.5 Å². The Balaban J connectivity index is 1.27. The van der Waals surface area contributed by atoms with Gasteiger partial charge in [-0.2, -0.15) is 0 Å². The van der Waals surface area contributed by atoms with E-state index in [0.717, 1.165) is 28.4 Å². The molecule has 3 aromatic carbocycles. The van der Waals surface area contributed by atoms with Gasteiger partial charge in [-0.05, 0) is 59.0 Å². The van der Waals surface area contributed by atoms with Crippen LogP contribution in [0.4, 0.5) is 5.69 Å². The van der Waals surface area contributed by atoms with Crippen LogP contribution < -0.4 is 14.8 Å². The Labute approximate surface area is 190 Å². The van der Waals surface area contributed by atoms with E-state index in [4.69, 9.17) is 9.47 Å². The van der Waals surface area contributed by atoms with Crippen molar-refractivity contribution in [3.8, 4) is 33.2 Å². The number of methoxy groups -OCH3 is 2. The van der Waals surface area contributed by atoms with Crippen LogP contribution in [-0.4, -0.2) is 25.1 Å². The molecule has 1 aliphatic carbocycles. The standard InChI is InChI=1S/C26H22N2O3S/c1-30-23-10-7-17(13-24(23)31-2)26-28-20(15-32-26)14-25(29)27-19-8-9-22-18(12-19)11-16-5-3-4-6-21(16)22/h3-10,12-13,15H,11,14H2,1-2H3,(H,27,29). The minimum Gasteiger partial charge on any atom is -0.493 e. The van der Waals surface area contributed by atoms with Gasteiger partial charge in [0.1, 0.15) is 5.01 Å². The number of carbonyl (C=O) groups is 1. The van der Waals surface area contributed by atoms with Gasteiger partial charge in [-0.3, -0.25) is 4.79 Å². The molecule has 0 spiro atoms. The smallest absolute Gasteiger partial charge is 0.230 e. The van der Waals surface area contributed by atoms with Gasteiger partial charge in [-0.25, -0.2) is 4.98 Å². The van der Waals surface area contributed by atoms with Crippen LogP contribution >= 0.6 is 11.3 Å². The molecule has 1 aliphatic rings. The van der Waals surface area contributed by atoms with Crippen molar-refractivity contribution in [1.82, 2.24) is 4.98 Å². The van der Waals surface area contributed by atoms with Crippen molar-refractivity contribution in [2.75, 3.05) is 19.5 Å². The zero-order valence-corrected chi connectivity index (χ0v) is 18.7. The monoisotopic (exact) mass is 442 g/mol. The highest BCUT2D eigenvalue weighted by Gasteiger charge is 2.18. The van der Waals surface area contributed by atoms with Crippen molar-refractivity contribution in [3.05, 3.63) is 82.9 Å². The Morgan fingerprint density at radius 2 is 1.78 bits per heavy atom. The zero-order chi connectivity index (χ0) is 22.1. The van der Waals surface area contributed by atoms with E-state index in [1.165, 1.54) is 33.6 Å².